The second-order valence-corrected chi connectivity index (χ2v) is 12.1. The quantitative estimate of drug-likeness (QED) is 0.414. The van der Waals surface area contributed by atoms with Crippen molar-refractivity contribution in [1.82, 2.24) is 20.2 Å². The van der Waals surface area contributed by atoms with Crippen molar-refractivity contribution in [3.8, 4) is 17.1 Å². The number of anilines is 2. The third-order valence-corrected chi connectivity index (χ3v) is 9.53. The highest BCUT2D eigenvalue weighted by atomic mass is 35.5. The van der Waals surface area contributed by atoms with Crippen LogP contribution in [0.2, 0.25) is 10.0 Å². The molecule has 10 heteroatoms. The molecule has 0 amide bonds. The normalized spacial score (nSPS) is 24.3. The van der Waals surface area contributed by atoms with Crippen LogP contribution in [0.1, 0.15) is 38.5 Å². The second-order valence-electron chi connectivity index (χ2n) is 11.3. The van der Waals surface area contributed by atoms with Crippen molar-refractivity contribution in [2.45, 2.75) is 56.1 Å². The van der Waals surface area contributed by atoms with E-state index in [9.17, 15) is 0 Å². The van der Waals surface area contributed by atoms with Gasteiger partial charge in [0, 0.05) is 52.4 Å². The number of ether oxygens (including phenoxy) is 1. The molecule has 0 spiro atoms. The maximum Gasteiger partial charge on any atom is 0.319 e. The summed E-state index contributed by atoms with van der Waals surface area (Å²) >= 11 is 13.2. The van der Waals surface area contributed by atoms with Gasteiger partial charge in [0.15, 0.2) is 5.82 Å². The first-order chi connectivity index (χ1) is 18.4. The summed E-state index contributed by atoms with van der Waals surface area (Å²) in [6.45, 7) is 4.31. The lowest BCUT2D eigenvalue weighted by atomic mass is 9.95. The van der Waals surface area contributed by atoms with Crippen LogP contribution in [-0.2, 0) is 0 Å². The summed E-state index contributed by atoms with van der Waals surface area (Å²) < 4.78 is 22.7. The molecule has 0 saturated carbocycles. The van der Waals surface area contributed by atoms with Crippen molar-refractivity contribution in [1.29, 1.82) is 0 Å². The Kier molecular flexibility index (Phi) is 6.07. The summed E-state index contributed by atoms with van der Waals surface area (Å²) in [5, 5.41) is 4.84. The number of benzene rings is 2. The Hall–Kier alpha value is -2.39. The lowest BCUT2D eigenvalue weighted by molar-refractivity contribution is 0.108. The molecule has 2 atom stereocenters. The van der Waals surface area contributed by atoms with Gasteiger partial charge in [-0.05, 0) is 75.9 Å². The minimum absolute atomic E-state index is 0.0332. The molecule has 4 aliphatic rings. The van der Waals surface area contributed by atoms with Crippen LogP contribution in [-0.4, -0.2) is 65.3 Å². The van der Waals surface area contributed by atoms with Gasteiger partial charge in [-0.15, -0.1) is 0 Å². The van der Waals surface area contributed by atoms with Crippen LogP contribution in [0.15, 0.2) is 24.3 Å². The molecule has 5 heterocycles. The molecular weight excluding hydrogens is 526 g/mol. The fourth-order valence-corrected chi connectivity index (χ4v) is 7.58. The van der Waals surface area contributed by atoms with E-state index in [0.29, 0.717) is 46.2 Å². The minimum atomic E-state index is -0.548. The molecule has 200 valence electrons. The number of piperazine rings is 1. The molecular formula is C28H31Cl2FN6O. The van der Waals surface area contributed by atoms with E-state index in [1.807, 2.05) is 0 Å². The van der Waals surface area contributed by atoms with E-state index < -0.39 is 5.82 Å². The van der Waals surface area contributed by atoms with E-state index in [1.54, 1.807) is 24.3 Å². The van der Waals surface area contributed by atoms with E-state index in [0.717, 1.165) is 51.9 Å². The number of nitrogens with two attached hydrogens (primary N) is 1. The first kappa shape index (κ1) is 24.6. The highest BCUT2D eigenvalue weighted by Gasteiger charge is 2.45. The zero-order valence-corrected chi connectivity index (χ0v) is 22.7. The molecule has 7 rings (SSSR count). The summed E-state index contributed by atoms with van der Waals surface area (Å²) in [5.41, 5.74) is 7.32. The Bertz CT molecular complexity index is 1400. The van der Waals surface area contributed by atoms with Crippen LogP contribution in [0.3, 0.4) is 0 Å². The first-order valence-electron chi connectivity index (χ1n) is 13.5. The Morgan fingerprint density at radius 3 is 2.53 bits per heavy atom. The number of nitrogens with one attached hydrogen (secondary N) is 1. The van der Waals surface area contributed by atoms with Crippen LogP contribution in [0, 0.1) is 5.82 Å². The highest BCUT2D eigenvalue weighted by molar-refractivity contribution is 6.37. The third-order valence-electron chi connectivity index (χ3n) is 8.90. The highest BCUT2D eigenvalue weighted by Crippen LogP contribution is 2.43. The summed E-state index contributed by atoms with van der Waals surface area (Å²) in [7, 11) is 0. The summed E-state index contributed by atoms with van der Waals surface area (Å²) in [4.78, 5) is 14.3. The molecule has 2 bridgehead atoms. The van der Waals surface area contributed by atoms with E-state index in [-0.39, 0.29) is 27.7 Å². The Morgan fingerprint density at radius 1 is 1.05 bits per heavy atom. The summed E-state index contributed by atoms with van der Waals surface area (Å²) in [5.74, 6) is 0.120. The number of fused-ring (bicyclic) bond motifs is 4. The van der Waals surface area contributed by atoms with Crippen LogP contribution < -0.4 is 20.7 Å². The van der Waals surface area contributed by atoms with Gasteiger partial charge in [0.2, 0.25) is 0 Å². The average Bonchev–Trinajstić information content (AvgIpc) is 3.58. The van der Waals surface area contributed by atoms with Crippen molar-refractivity contribution in [3.63, 3.8) is 0 Å². The maximum absolute atomic E-state index is 16.4. The fraction of sp³-hybridized carbons (Fsp3) is 0.500. The molecule has 2 aromatic carbocycles. The van der Waals surface area contributed by atoms with Crippen LogP contribution >= 0.6 is 23.2 Å². The molecule has 3 aromatic rings. The molecule has 0 unspecified atom stereocenters. The number of hydrogen-bond acceptors (Lipinski definition) is 7. The van der Waals surface area contributed by atoms with Crippen molar-refractivity contribution in [2.75, 3.05) is 43.4 Å². The minimum Gasteiger partial charge on any atom is -0.461 e. The number of hydrogen-bond donors (Lipinski definition) is 2. The lowest BCUT2D eigenvalue weighted by Gasteiger charge is -2.35. The molecule has 1 aromatic heterocycles. The van der Waals surface area contributed by atoms with Gasteiger partial charge in [-0.25, -0.2) is 4.39 Å². The molecule has 0 radical (unpaired) electrons. The molecule has 4 saturated heterocycles. The number of nitrogens with zero attached hydrogens (tertiary/aromatic N) is 4. The number of halogens is 3. The summed E-state index contributed by atoms with van der Waals surface area (Å²) in [6, 6.07) is 7.70. The number of rotatable bonds is 5. The molecule has 0 aliphatic carbocycles. The fourth-order valence-electron chi connectivity index (χ4n) is 7.08. The van der Waals surface area contributed by atoms with E-state index in [4.69, 9.17) is 38.7 Å². The van der Waals surface area contributed by atoms with Crippen molar-refractivity contribution in [2.24, 2.45) is 0 Å². The molecule has 7 nitrogen and oxygen atoms in total. The molecule has 4 aliphatic heterocycles. The number of aromatic nitrogens is 2. The SMILES string of the molecule is Nc1ccc(Cl)c(-c2c(Cl)cc3c(N4C[C@H]5CC[C@@H](C4)N5)nc(OCC45CCCN4CCC5)nc3c2F)c1. The van der Waals surface area contributed by atoms with E-state index in [2.05, 4.69) is 20.1 Å². The van der Waals surface area contributed by atoms with Gasteiger partial charge in [-0.3, -0.25) is 4.90 Å². The zero-order valence-electron chi connectivity index (χ0n) is 21.2. The zero-order chi connectivity index (χ0) is 26.0. The van der Waals surface area contributed by atoms with E-state index in [1.165, 1.54) is 12.8 Å². The van der Waals surface area contributed by atoms with E-state index >= 15 is 4.39 Å². The average molecular weight is 558 g/mol. The third kappa shape index (κ3) is 4.08. The molecule has 38 heavy (non-hydrogen) atoms. The second kappa shape index (κ2) is 9.37. The summed E-state index contributed by atoms with van der Waals surface area (Å²) in [6.07, 6.45) is 6.81. The monoisotopic (exact) mass is 556 g/mol. The van der Waals surface area contributed by atoms with Gasteiger partial charge in [0.25, 0.3) is 0 Å². The standard InChI is InChI=1S/C28H31Cl2FN6O/c29-21-6-3-16(32)11-19(21)23-22(30)12-20-25(24(23)31)34-27(38-15-28-7-1-9-37(28)10-2-8-28)35-26(20)36-13-17-4-5-18(14-36)33-17/h3,6,11-12,17-18,33H,1-2,4-5,7-10,13-15,32H2/t17-,18+. The van der Waals surface area contributed by atoms with Gasteiger partial charge < -0.3 is 20.7 Å². The molecule has 4 fully saturated rings. The predicted molar refractivity (Wildman–Crippen MR) is 150 cm³/mol. The predicted octanol–water partition coefficient (Wildman–Crippen LogP) is 5.27. The van der Waals surface area contributed by atoms with Crippen molar-refractivity contribution in [3.05, 3.63) is 40.1 Å². The van der Waals surface area contributed by atoms with Gasteiger partial charge in [-0.2, -0.15) is 9.97 Å². The molecule has 3 N–H and O–H groups in total. The van der Waals surface area contributed by atoms with Gasteiger partial charge >= 0.3 is 6.01 Å². The Morgan fingerprint density at radius 2 is 1.79 bits per heavy atom. The smallest absolute Gasteiger partial charge is 0.319 e. The first-order valence-corrected chi connectivity index (χ1v) is 14.3. The largest absolute Gasteiger partial charge is 0.461 e. The maximum atomic E-state index is 16.4. The van der Waals surface area contributed by atoms with Gasteiger partial charge in [0.1, 0.15) is 17.9 Å². The Labute approximate surface area is 231 Å². The topological polar surface area (TPSA) is 79.5 Å². The van der Waals surface area contributed by atoms with Crippen molar-refractivity contribution < 1.29 is 9.13 Å². The van der Waals surface area contributed by atoms with Crippen LogP contribution in [0.5, 0.6) is 6.01 Å². The van der Waals surface area contributed by atoms with Gasteiger partial charge in [0.05, 0.1) is 10.6 Å². The Balaban J connectivity index is 1.35. The number of nitrogen functional groups attached to an aromatic ring is 1. The van der Waals surface area contributed by atoms with Crippen LogP contribution in [0.4, 0.5) is 15.9 Å². The van der Waals surface area contributed by atoms with Crippen LogP contribution in [0.25, 0.3) is 22.0 Å². The van der Waals surface area contributed by atoms with Crippen molar-refractivity contribution >= 4 is 45.6 Å². The van der Waals surface area contributed by atoms with Gasteiger partial charge in [-0.1, -0.05) is 23.2 Å². The lowest BCUT2D eigenvalue weighted by Crippen LogP contribution is -2.51.